The molecule has 0 amide bonds. The zero-order valence-electron chi connectivity index (χ0n) is 12.5. The summed E-state index contributed by atoms with van der Waals surface area (Å²) in [4.78, 5) is 0. The number of fused-ring (bicyclic) bond motifs is 1. The van der Waals surface area contributed by atoms with Gasteiger partial charge in [-0.05, 0) is 61.9 Å². The Bertz CT molecular complexity index is 637. The maximum Gasteiger partial charge on any atom is 0.144 e. The molecule has 3 nitrogen and oxygen atoms in total. The molecule has 2 aromatic rings. The topological polar surface area (TPSA) is 47.3 Å². The zero-order chi connectivity index (χ0) is 14.7. The van der Waals surface area contributed by atoms with Gasteiger partial charge in [-0.1, -0.05) is 18.2 Å². The van der Waals surface area contributed by atoms with Crippen LogP contribution in [0.4, 0.5) is 17.1 Å². The SMILES string of the molecule is CCOc1cccc(Nc2cccc3c2CCCC3)c1N. The number of anilines is 3. The molecule has 3 N–H and O–H groups in total. The smallest absolute Gasteiger partial charge is 0.144 e. The molecule has 0 atom stereocenters. The van der Waals surface area contributed by atoms with Crippen LogP contribution in [0.2, 0.25) is 0 Å². The van der Waals surface area contributed by atoms with Crippen molar-refractivity contribution in [2.45, 2.75) is 32.6 Å². The van der Waals surface area contributed by atoms with Gasteiger partial charge in [0.1, 0.15) is 5.75 Å². The number of nitrogen functional groups attached to an aromatic ring is 1. The summed E-state index contributed by atoms with van der Waals surface area (Å²) in [6, 6.07) is 12.4. The minimum atomic E-state index is 0.619. The van der Waals surface area contributed by atoms with Crippen LogP contribution in [0.3, 0.4) is 0 Å². The molecule has 3 rings (SSSR count). The number of para-hydroxylation sites is 1. The molecule has 1 aliphatic carbocycles. The van der Waals surface area contributed by atoms with E-state index in [1.165, 1.54) is 36.1 Å². The van der Waals surface area contributed by atoms with Crippen LogP contribution < -0.4 is 15.8 Å². The summed E-state index contributed by atoms with van der Waals surface area (Å²) in [5, 5.41) is 3.49. The third-order valence-corrected chi connectivity index (χ3v) is 4.03. The van der Waals surface area contributed by atoms with E-state index >= 15 is 0 Å². The Morgan fingerprint density at radius 3 is 2.67 bits per heavy atom. The fraction of sp³-hybridized carbons (Fsp3) is 0.333. The first-order valence-corrected chi connectivity index (χ1v) is 7.68. The van der Waals surface area contributed by atoms with Crippen molar-refractivity contribution in [2.75, 3.05) is 17.7 Å². The average Bonchev–Trinajstić information content (AvgIpc) is 2.52. The average molecular weight is 282 g/mol. The van der Waals surface area contributed by atoms with Crippen molar-refractivity contribution in [1.29, 1.82) is 0 Å². The Morgan fingerprint density at radius 2 is 1.81 bits per heavy atom. The van der Waals surface area contributed by atoms with Gasteiger partial charge in [0.25, 0.3) is 0 Å². The summed E-state index contributed by atoms with van der Waals surface area (Å²) >= 11 is 0. The van der Waals surface area contributed by atoms with E-state index in [1.54, 1.807) is 0 Å². The normalized spacial score (nSPS) is 13.6. The summed E-state index contributed by atoms with van der Waals surface area (Å²) in [7, 11) is 0. The van der Waals surface area contributed by atoms with Crippen LogP contribution in [0.15, 0.2) is 36.4 Å². The minimum absolute atomic E-state index is 0.619. The van der Waals surface area contributed by atoms with Crippen molar-refractivity contribution in [3.63, 3.8) is 0 Å². The predicted octanol–water partition coefficient (Wildman–Crippen LogP) is 4.29. The standard InChI is InChI=1S/C18H22N2O/c1-2-21-17-12-6-11-16(18(17)19)20-15-10-5-8-13-7-3-4-9-14(13)15/h5-6,8,10-12,20H,2-4,7,9,19H2,1H3. The molecule has 0 unspecified atom stereocenters. The highest BCUT2D eigenvalue weighted by Gasteiger charge is 2.14. The molecule has 1 aliphatic rings. The molecular formula is C18H22N2O. The number of hydrogen-bond acceptors (Lipinski definition) is 3. The lowest BCUT2D eigenvalue weighted by Gasteiger charge is -2.21. The molecule has 0 spiro atoms. The molecule has 0 saturated heterocycles. The van der Waals surface area contributed by atoms with Gasteiger partial charge >= 0.3 is 0 Å². The van der Waals surface area contributed by atoms with Gasteiger partial charge in [0.15, 0.2) is 0 Å². The Hall–Kier alpha value is -2.16. The van der Waals surface area contributed by atoms with Crippen molar-refractivity contribution >= 4 is 17.1 Å². The number of ether oxygens (including phenoxy) is 1. The second-order valence-corrected chi connectivity index (χ2v) is 5.43. The van der Waals surface area contributed by atoms with E-state index in [4.69, 9.17) is 10.5 Å². The van der Waals surface area contributed by atoms with E-state index in [1.807, 2.05) is 25.1 Å². The maximum absolute atomic E-state index is 6.21. The molecule has 110 valence electrons. The second kappa shape index (κ2) is 6.08. The van der Waals surface area contributed by atoms with Gasteiger partial charge in [0, 0.05) is 5.69 Å². The fourth-order valence-corrected chi connectivity index (χ4v) is 2.98. The van der Waals surface area contributed by atoms with Crippen molar-refractivity contribution < 1.29 is 4.74 Å². The Kier molecular flexibility index (Phi) is 4.00. The fourth-order valence-electron chi connectivity index (χ4n) is 2.98. The highest BCUT2D eigenvalue weighted by atomic mass is 16.5. The van der Waals surface area contributed by atoms with Crippen molar-refractivity contribution in [3.8, 4) is 5.75 Å². The first-order valence-electron chi connectivity index (χ1n) is 7.68. The molecule has 0 radical (unpaired) electrons. The molecule has 0 aliphatic heterocycles. The monoisotopic (exact) mass is 282 g/mol. The van der Waals surface area contributed by atoms with Crippen LogP contribution in [-0.4, -0.2) is 6.61 Å². The summed E-state index contributed by atoms with van der Waals surface area (Å²) < 4.78 is 5.56. The lowest BCUT2D eigenvalue weighted by atomic mass is 9.90. The van der Waals surface area contributed by atoms with Crippen LogP contribution in [0.5, 0.6) is 5.75 Å². The summed E-state index contributed by atoms with van der Waals surface area (Å²) in [5.74, 6) is 0.743. The predicted molar refractivity (Wildman–Crippen MR) is 88.4 cm³/mol. The van der Waals surface area contributed by atoms with Gasteiger partial charge in [-0.25, -0.2) is 0 Å². The number of nitrogens with one attached hydrogen (secondary N) is 1. The van der Waals surface area contributed by atoms with Gasteiger partial charge in [0.05, 0.1) is 18.0 Å². The number of aryl methyl sites for hydroxylation is 1. The first-order chi connectivity index (χ1) is 10.3. The van der Waals surface area contributed by atoms with Crippen LogP contribution in [-0.2, 0) is 12.8 Å². The number of benzene rings is 2. The summed E-state index contributed by atoms with van der Waals surface area (Å²) in [6.45, 7) is 2.58. The zero-order valence-corrected chi connectivity index (χ0v) is 12.5. The second-order valence-electron chi connectivity index (χ2n) is 5.43. The molecule has 21 heavy (non-hydrogen) atoms. The quantitative estimate of drug-likeness (QED) is 0.822. The van der Waals surface area contributed by atoms with Gasteiger partial charge in [0.2, 0.25) is 0 Å². The number of rotatable bonds is 4. The molecule has 0 bridgehead atoms. The molecule has 0 aromatic heterocycles. The summed E-state index contributed by atoms with van der Waals surface area (Å²) in [6.07, 6.45) is 4.88. The largest absolute Gasteiger partial charge is 0.492 e. The Labute approximate surface area is 126 Å². The van der Waals surface area contributed by atoms with Gasteiger partial charge in [-0.15, -0.1) is 0 Å². The van der Waals surface area contributed by atoms with Crippen LogP contribution in [0.25, 0.3) is 0 Å². The lowest BCUT2D eigenvalue weighted by molar-refractivity contribution is 0.342. The van der Waals surface area contributed by atoms with E-state index in [-0.39, 0.29) is 0 Å². The minimum Gasteiger partial charge on any atom is -0.492 e. The van der Waals surface area contributed by atoms with Crippen molar-refractivity contribution in [3.05, 3.63) is 47.5 Å². The highest BCUT2D eigenvalue weighted by molar-refractivity contribution is 5.78. The number of nitrogens with two attached hydrogens (primary N) is 1. The van der Waals surface area contributed by atoms with Gasteiger partial charge in [-0.3, -0.25) is 0 Å². The summed E-state index contributed by atoms with van der Waals surface area (Å²) in [5.41, 5.74) is 11.9. The molecule has 2 aromatic carbocycles. The van der Waals surface area contributed by atoms with Crippen LogP contribution in [0.1, 0.15) is 30.9 Å². The lowest BCUT2D eigenvalue weighted by Crippen LogP contribution is -2.07. The first kappa shape index (κ1) is 13.8. The third-order valence-electron chi connectivity index (χ3n) is 4.03. The van der Waals surface area contributed by atoms with E-state index in [9.17, 15) is 0 Å². The van der Waals surface area contributed by atoms with E-state index in [2.05, 4.69) is 23.5 Å². The van der Waals surface area contributed by atoms with Crippen molar-refractivity contribution in [1.82, 2.24) is 0 Å². The molecule has 0 heterocycles. The van der Waals surface area contributed by atoms with Crippen LogP contribution in [0, 0.1) is 0 Å². The van der Waals surface area contributed by atoms with E-state index in [0.717, 1.165) is 17.9 Å². The van der Waals surface area contributed by atoms with Gasteiger partial charge < -0.3 is 15.8 Å². The molecule has 0 saturated carbocycles. The number of hydrogen-bond donors (Lipinski definition) is 2. The highest BCUT2D eigenvalue weighted by Crippen LogP contribution is 2.35. The van der Waals surface area contributed by atoms with E-state index in [0.29, 0.717) is 12.3 Å². The van der Waals surface area contributed by atoms with Gasteiger partial charge in [-0.2, -0.15) is 0 Å². The Morgan fingerprint density at radius 1 is 1.05 bits per heavy atom. The van der Waals surface area contributed by atoms with Crippen molar-refractivity contribution in [2.24, 2.45) is 0 Å². The van der Waals surface area contributed by atoms with E-state index < -0.39 is 0 Å². The molecular weight excluding hydrogens is 260 g/mol. The van der Waals surface area contributed by atoms with Crippen LogP contribution >= 0.6 is 0 Å². The maximum atomic E-state index is 6.21. The molecule has 0 fully saturated rings. The third kappa shape index (κ3) is 2.82. The molecule has 3 heteroatoms. The Balaban J connectivity index is 1.92.